The molecule has 0 spiro atoms. The van der Waals surface area contributed by atoms with Gasteiger partial charge in [0.05, 0.1) is 11.3 Å². The Balaban J connectivity index is 2.58. The minimum atomic E-state index is -4.39. The van der Waals surface area contributed by atoms with Gasteiger partial charge in [-0.15, -0.1) is 0 Å². The van der Waals surface area contributed by atoms with Crippen molar-refractivity contribution in [3.8, 4) is 5.69 Å². The first-order valence-corrected chi connectivity index (χ1v) is 4.16. The van der Waals surface area contributed by atoms with E-state index < -0.39 is 11.7 Å². The van der Waals surface area contributed by atoms with E-state index in [1.807, 2.05) is 0 Å². The summed E-state index contributed by atoms with van der Waals surface area (Å²) in [5.41, 5.74) is -0.736. The molecule has 0 unspecified atom stereocenters. The van der Waals surface area contributed by atoms with Crippen LogP contribution in [0.25, 0.3) is 5.69 Å². The lowest BCUT2D eigenvalue weighted by molar-refractivity contribution is -0.137. The molecule has 5 heteroatoms. The first kappa shape index (κ1) is 9.76. The number of aromatic nitrogens is 2. The number of nitrogens with zero attached hydrogens (tertiary/aromatic N) is 2. The standard InChI is InChI=1S/C10H6F3N2/c11-10(12,13)8-4-1-2-5-9(8)15-7-3-6-14-15/h2-7H. The molecule has 0 atom stereocenters. The first-order chi connectivity index (χ1) is 7.09. The molecule has 15 heavy (non-hydrogen) atoms. The summed E-state index contributed by atoms with van der Waals surface area (Å²) in [5.74, 6) is 0. The van der Waals surface area contributed by atoms with Gasteiger partial charge >= 0.3 is 6.18 Å². The Bertz CT molecular complexity index is 446. The second-order valence-corrected chi connectivity index (χ2v) is 2.89. The lowest BCUT2D eigenvalue weighted by Crippen LogP contribution is -2.10. The van der Waals surface area contributed by atoms with Crippen LogP contribution < -0.4 is 0 Å². The highest BCUT2D eigenvalue weighted by atomic mass is 19.4. The molecule has 2 rings (SSSR count). The average molecular weight is 211 g/mol. The zero-order valence-corrected chi connectivity index (χ0v) is 7.49. The topological polar surface area (TPSA) is 17.8 Å². The summed E-state index contributed by atoms with van der Waals surface area (Å²) in [5, 5.41) is 3.76. The fourth-order valence-corrected chi connectivity index (χ4v) is 1.26. The van der Waals surface area contributed by atoms with Crippen molar-refractivity contribution < 1.29 is 13.2 Å². The zero-order valence-electron chi connectivity index (χ0n) is 7.49. The normalized spacial score (nSPS) is 11.7. The molecule has 1 aromatic heterocycles. The zero-order chi connectivity index (χ0) is 10.9. The fourth-order valence-electron chi connectivity index (χ4n) is 1.26. The maximum atomic E-state index is 12.6. The highest BCUT2D eigenvalue weighted by Gasteiger charge is 2.33. The molecule has 0 aliphatic carbocycles. The van der Waals surface area contributed by atoms with Crippen molar-refractivity contribution in [1.29, 1.82) is 0 Å². The molecule has 0 aliphatic heterocycles. The number of rotatable bonds is 1. The van der Waals surface area contributed by atoms with E-state index in [2.05, 4.69) is 11.2 Å². The summed E-state index contributed by atoms with van der Waals surface area (Å²) in [4.78, 5) is 0. The number of benzene rings is 1. The van der Waals surface area contributed by atoms with Crippen LogP contribution in [0.1, 0.15) is 5.56 Å². The molecule has 0 N–H and O–H groups in total. The van der Waals surface area contributed by atoms with Gasteiger partial charge in [0, 0.05) is 12.4 Å². The van der Waals surface area contributed by atoms with E-state index in [4.69, 9.17) is 0 Å². The first-order valence-electron chi connectivity index (χ1n) is 4.16. The molecule has 1 aromatic carbocycles. The molecule has 0 saturated heterocycles. The van der Waals surface area contributed by atoms with Gasteiger partial charge in [0.2, 0.25) is 0 Å². The van der Waals surface area contributed by atoms with Gasteiger partial charge in [-0.05, 0) is 24.3 Å². The van der Waals surface area contributed by atoms with Crippen LogP contribution in [0, 0.1) is 6.07 Å². The summed E-state index contributed by atoms with van der Waals surface area (Å²) in [6.45, 7) is 0. The van der Waals surface area contributed by atoms with Crippen LogP contribution in [0.5, 0.6) is 0 Å². The largest absolute Gasteiger partial charge is 0.418 e. The van der Waals surface area contributed by atoms with E-state index in [0.717, 1.165) is 6.07 Å². The van der Waals surface area contributed by atoms with Gasteiger partial charge in [0.25, 0.3) is 0 Å². The second kappa shape index (κ2) is 3.42. The van der Waals surface area contributed by atoms with E-state index in [1.54, 1.807) is 6.07 Å². The lowest BCUT2D eigenvalue weighted by atomic mass is 10.2. The predicted molar refractivity (Wildman–Crippen MR) is 47.4 cm³/mol. The summed E-state index contributed by atoms with van der Waals surface area (Å²) in [6.07, 6.45) is -1.50. The summed E-state index contributed by atoms with van der Waals surface area (Å²) in [7, 11) is 0. The maximum absolute atomic E-state index is 12.6. The van der Waals surface area contributed by atoms with Crippen LogP contribution in [0.15, 0.2) is 36.7 Å². The molecule has 1 radical (unpaired) electrons. The number of hydrogen-bond donors (Lipinski definition) is 0. The Morgan fingerprint density at radius 3 is 2.73 bits per heavy atom. The van der Waals surface area contributed by atoms with Gasteiger partial charge in [-0.2, -0.15) is 18.3 Å². The van der Waals surface area contributed by atoms with Crippen molar-refractivity contribution in [3.05, 3.63) is 48.3 Å². The number of hydrogen-bond acceptors (Lipinski definition) is 1. The minimum absolute atomic E-state index is 0.00579. The third kappa shape index (κ3) is 1.86. The molecule has 77 valence electrons. The summed E-state index contributed by atoms with van der Waals surface area (Å²) < 4.78 is 38.9. The monoisotopic (exact) mass is 211 g/mol. The van der Waals surface area contributed by atoms with Crippen LogP contribution in [-0.4, -0.2) is 9.78 Å². The van der Waals surface area contributed by atoms with Crippen LogP contribution in [-0.2, 0) is 6.18 Å². The van der Waals surface area contributed by atoms with E-state index in [-0.39, 0.29) is 5.69 Å². The van der Waals surface area contributed by atoms with Gasteiger partial charge in [-0.1, -0.05) is 6.07 Å². The van der Waals surface area contributed by atoms with Crippen LogP contribution in [0.2, 0.25) is 0 Å². The molecule has 0 saturated carbocycles. The molecule has 2 aromatic rings. The Morgan fingerprint density at radius 1 is 1.33 bits per heavy atom. The quantitative estimate of drug-likeness (QED) is 0.709. The van der Waals surface area contributed by atoms with Crippen LogP contribution >= 0.6 is 0 Å². The third-order valence-corrected chi connectivity index (χ3v) is 1.90. The molecule has 0 fully saturated rings. The molecule has 0 amide bonds. The molecule has 0 bridgehead atoms. The molecular weight excluding hydrogens is 205 g/mol. The van der Waals surface area contributed by atoms with Crippen molar-refractivity contribution >= 4 is 0 Å². The van der Waals surface area contributed by atoms with Crippen molar-refractivity contribution in [2.75, 3.05) is 0 Å². The van der Waals surface area contributed by atoms with Crippen molar-refractivity contribution in [3.63, 3.8) is 0 Å². The van der Waals surface area contributed by atoms with Crippen molar-refractivity contribution in [2.24, 2.45) is 0 Å². The van der Waals surface area contributed by atoms with E-state index in [1.165, 1.54) is 29.2 Å². The Kier molecular flexibility index (Phi) is 2.22. The molecule has 1 heterocycles. The van der Waals surface area contributed by atoms with Gasteiger partial charge < -0.3 is 0 Å². The average Bonchev–Trinajstić information content (AvgIpc) is 2.69. The van der Waals surface area contributed by atoms with Crippen LogP contribution in [0.4, 0.5) is 13.2 Å². The predicted octanol–water partition coefficient (Wildman–Crippen LogP) is 2.69. The second-order valence-electron chi connectivity index (χ2n) is 2.89. The fraction of sp³-hybridized carbons (Fsp3) is 0.100. The molecular formula is C10H6F3N2. The van der Waals surface area contributed by atoms with Gasteiger partial charge in [-0.3, -0.25) is 0 Å². The Morgan fingerprint density at radius 2 is 2.13 bits per heavy atom. The van der Waals surface area contributed by atoms with E-state index >= 15 is 0 Å². The number of halogens is 3. The summed E-state index contributed by atoms with van der Waals surface area (Å²) >= 11 is 0. The Hall–Kier alpha value is -1.78. The highest BCUT2D eigenvalue weighted by molar-refractivity contribution is 5.41. The molecule has 0 aliphatic rings. The highest BCUT2D eigenvalue weighted by Crippen LogP contribution is 2.33. The van der Waals surface area contributed by atoms with Gasteiger partial charge in [0.15, 0.2) is 0 Å². The van der Waals surface area contributed by atoms with E-state index in [9.17, 15) is 13.2 Å². The van der Waals surface area contributed by atoms with Gasteiger partial charge in [0.1, 0.15) is 0 Å². The maximum Gasteiger partial charge on any atom is 0.418 e. The van der Waals surface area contributed by atoms with Crippen molar-refractivity contribution in [1.82, 2.24) is 9.78 Å². The third-order valence-electron chi connectivity index (χ3n) is 1.90. The SMILES string of the molecule is FC(F)(F)c1c[c]ccc1-n1cccn1. The molecule has 2 nitrogen and oxygen atoms in total. The number of alkyl halides is 3. The lowest BCUT2D eigenvalue weighted by Gasteiger charge is -2.11. The van der Waals surface area contributed by atoms with Gasteiger partial charge in [-0.25, -0.2) is 4.68 Å². The van der Waals surface area contributed by atoms with Crippen LogP contribution in [0.3, 0.4) is 0 Å². The van der Waals surface area contributed by atoms with E-state index in [0.29, 0.717) is 0 Å². The minimum Gasteiger partial charge on any atom is -0.240 e. The summed E-state index contributed by atoms with van der Waals surface area (Å²) in [6, 6.07) is 7.64. The smallest absolute Gasteiger partial charge is 0.240 e. The van der Waals surface area contributed by atoms with Crippen molar-refractivity contribution in [2.45, 2.75) is 6.18 Å². The Labute approximate surface area is 84.0 Å².